The molecule has 2 heterocycles. The Morgan fingerprint density at radius 2 is 1.93 bits per heavy atom. The van der Waals surface area contributed by atoms with Gasteiger partial charge in [0.1, 0.15) is 12.1 Å². The first kappa shape index (κ1) is 18.4. The maximum atomic E-state index is 13.6. The van der Waals surface area contributed by atoms with E-state index in [0.29, 0.717) is 35.9 Å². The predicted octanol–water partition coefficient (Wildman–Crippen LogP) is 2.42. The lowest BCUT2D eigenvalue weighted by Gasteiger charge is -2.36. The standard InChI is InChI=1S/C22H19N5O3/c1-21(2)13-5-6-22(21,19-18(13)26-14(8-23)15(9-24)27-19)20(28)25-10-12-3-4-16-17(7-12)30-11-29-16/h3-4,7,13H,5-6,10-11H2,1-2H3,(H,25,28). The average molecular weight is 401 g/mol. The Hall–Kier alpha value is -3.65. The van der Waals surface area contributed by atoms with Crippen LogP contribution in [0.5, 0.6) is 11.5 Å². The zero-order valence-electron chi connectivity index (χ0n) is 16.7. The first-order valence-electron chi connectivity index (χ1n) is 9.82. The molecule has 1 aromatic heterocycles. The van der Waals surface area contributed by atoms with Crippen LogP contribution in [0.1, 0.15) is 60.9 Å². The van der Waals surface area contributed by atoms with Crippen LogP contribution in [0.15, 0.2) is 18.2 Å². The van der Waals surface area contributed by atoms with Gasteiger partial charge >= 0.3 is 0 Å². The fraction of sp³-hybridized carbons (Fsp3) is 0.409. The molecule has 8 nitrogen and oxygen atoms in total. The summed E-state index contributed by atoms with van der Waals surface area (Å²) in [7, 11) is 0. The molecule has 2 unspecified atom stereocenters. The van der Waals surface area contributed by atoms with Crippen LogP contribution in [0, 0.1) is 28.1 Å². The van der Waals surface area contributed by atoms with Gasteiger partial charge in [-0.05, 0) is 36.0 Å². The quantitative estimate of drug-likeness (QED) is 0.838. The molecule has 1 fully saturated rings. The van der Waals surface area contributed by atoms with E-state index in [2.05, 4.69) is 15.3 Å². The predicted molar refractivity (Wildman–Crippen MR) is 103 cm³/mol. The summed E-state index contributed by atoms with van der Waals surface area (Å²) in [5.74, 6) is 1.26. The maximum absolute atomic E-state index is 13.6. The number of carbonyl (C=O) groups excluding carboxylic acids is 1. The molecule has 5 rings (SSSR count). The molecule has 2 aromatic rings. The molecule has 30 heavy (non-hydrogen) atoms. The van der Waals surface area contributed by atoms with Crippen molar-refractivity contribution in [2.24, 2.45) is 5.41 Å². The van der Waals surface area contributed by atoms with Crippen LogP contribution >= 0.6 is 0 Å². The van der Waals surface area contributed by atoms with Crippen molar-refractivity contribution in [1.29, 1.82) is 10.5 Å². The summed E-state index contributed by atoms with van der Waals surface area (Å²) in [4.78, 5) is 22.5. The van der Waals surface area contributed by atoms with E-state index in [1.54, 1.807) is 0 Å². The normalized spacial score (nSPS) is 24.1. The Morgan fingerprint density at radius 3 is 2.70 bits per heavy atom. The van der Waals surface area contributed by atoms with Gasteiger partial charge in [0, 0.05) is 12.5 Å². The third-order valence-corrected chi connectivity index (χ3v) is 6.93. The second-order valence-electron chi connectivity index (χ2n) is 8.47. The minimum absolute atomic E-state index is 0.0236. The molecular weight excluding hydrogens is 382 g/mol. The van der Waals surface area contributed by atoms with Gasteiger partial charge in [-0.25, -0.2) is 9.97 Å². The van der Waals surface area contributed by atoms with Gasteiger partial charge in [-0.2, -0.15) is 10.5 Å². The number of fused-ring (bicyclic) bond motifs is 6. The van der Waals surface area contributed by atoms with Gasteiger partial charge in [0.2, 0.25) is 12.7 Å². The first-order valence-corrected chi connectivity index (χ1v) is 9.82. The zero-order valence-corrected chi connectivity index (χ0v) is 16.7. The number of nitrogens with one attached hydrogen (secondary N) is 1. The van der Waals surface area contributed by atoms with Crippen molar-refractivity contribution >= 4 is 5.91 Å². The van der Waals surface area contributed by atoms with Gasteiger partial charge in [0.05, 0.1) is 16.8 Å². The van der Waals surface area contributed by atoms with Crippen LogP contribution in [0.25, 0.3) is 0 Å². The molecule has 1 N–H and O–H groups in total. The van der Waals surface area contributed by atoms with Crippen molar-refractivity contribution in [2.75, 3.05) is 6.79 Å². The summed E-state index contributed by atoms with van der Waals surface area (Å²) in [5, 5.41) is 21.8. The van der Waals surface area contributed by atoms with Crippen molar-refractivity contribution in [1.82, 2.24) is 15.3 Å². The van der Waals surface area contributed by atoms with E-state index in [-0.39, 0.29) is 30.0 Å². The minimum atomic E-state index is -0.879. The molecular formula is C22H19N5O3. The van der Waals surface area contributed by atoms with Crippen LogP contribution in [0.4, 0.5) is 0 Å². The van der Waals surface area contributed by atoms with Gasteiger partial charge in [-0.3, -0.25) is 4.79 Å². The molecule has 1 aromatic carbocycles. The Kier molecular flexibility index (Phi) is 3.78. The topological polar surface area (TPSA) is 121 Å². The third kappa shape index (κ3) is 2.22. The summed E-state index contributed by atoms with van der Waals surface area (Å²) in [6, 6.07) is 9.48. The number of hydrogen-bond donors (Lipinski definition) is 1. The largest absolute Gasteiger partial charge is 0.454 e. The number of nitrogens with zero attached hydrogens (tertiary/aromatic N) is 4. The maximum Gasteiger partial charge on any atom is 0.233 e. The van der Waals surface area contributed by atoms with E-state index in [4.69, 9.17) is 9.47 Å². The first-order chi connectivity index (χ1) is 14.4. The van der Waals surface area contributed by atoms with Gasteiger partial charge in [-0.1, -0.05) is 19.9 Å². The van der Waals surface area contributed by atoms with Crippen LogP contribution in [0.3, 0.4) is 0 Å². The van der Waals surface area contributed by atoms with Crippen molar-refractivity contribution in [3.63, 3.8) is 0 Å². The summed E-state index contributed by atoms with van der Waals surface area (Å²) >= 11 is 0. The van der Waals surface area contributed by atoms with Gasteiger partial charge in [0.25, 0.3) is 0 Å². The molecule has 0 spiro atoms. The fourth-order valence-corrected chi connectivity index (χ4v) is 5.30. The molecule has 3 aliphatic rings. The lowest BCUT2D eigenvalue weighted by molar-refractivity contribution is -0.130. The molecule has 150 valence electrons. The van der Waals surface area contributed by atoms with Gasteiger partial charge in [-0.15, -0.1) is 0 Å². The van der Waals surface area contributed by atoms with E-state index >= 15 is 0 Å². The molecule has 2 bridgehead atoms. The Bertz CT molecular complexity index is 1180. The molecule has 1 saturated carbocycles. The number of ether oxygens (including phenoxy) is 2. The molecule has 1 amide bonds. The van der Waals surface area contributed by atoms with E-state index in [1.807, 2.05) is 44.2 Å². The Balaban J connectivity index is 1.50. The molecule has 1 aliphatic heterocycles. The number of carbonyl (C=O) groups is 1. The van der Waals surface area contributed by atoms with Crippen LogP contribution in [-0.4, -0.2) is 22.7 Å². The van der Waals surface area contributed by atoms with Crippen LogP contribution in [0.2, 0.25) is 0 Å². The Morgan fingerprint density at radius 1 is 1.20 bits per heavy atom. The Labute approximate surface area is 173 Å². The lowest BCUT2D eigenvalue weighted by Crippen LogP contribution is -2.49. The second-order valence-corrected chi connectivity index (χ2v) is 8.47. The fourth-order valence-electron chi connectivity index (χ4n) is 5.30. The highest BCUT2D eigenvalue weighted by Crippen LogP contribution is 2.67. The van der Waals surface area contributed by atoms with Crippen molar-refractivity contribution < 1.29 is 14.3 Å². The third-order valence-electron chi connectivity index (χ3n) is 6.93. The summed E-state index contributed by atoms with van der Waals surface area (Å²) in [5.41, 5.74) is 0.823. The SMILES string of the molecule is CC1(C)C2CCC1(C(=O)NCc1ccc3c(c1)OCO3)c1nc(C#N)c(C#N)nc12. The minimum Gasteiger partial charge on any atom is -0.454 e. The number of amides is 1. The van der Waals surface area contributed by atoms with E-state index in [1.165, 1.54) is 0 Å². The summed E-state index contributed by atoms with van der Waals surface area (Å²) in [6.07, 6.45) is 1.43. The van der Waals surface area contributed by atoms with Crippen molar-refractivity contribution in [2.45, 2.75) is 44.6 Å². The van der Waals surface area contributed by atoms with Gasteiger partial charge < -0.3 is 14.8 Å². The van der Waals surface area contributed by atoms with E-state index in [9.17, 15) is 15.3 Å². The highest BCUT2D eigenvalue weighted by atomic mass is 16.7. The molecule has 2 aliphatic carbocycles. The van der Waals surface area contributed by atoms with Crippen LogP contribution in [-0.2, 0) is 16.8 Å². The van der Waals surface area contributed by atoms with Crippen LogP contribution < -0.4 is 14.8 Å². The number of rotatable bonds is 3. The van der Waals surface area contributed by atoms with Gasteiger partial charge in [0.15, 0.2) is 22.9 Å². The lowest BCUT2D eigenvalue weighted by atomic mass is 9.67. The molecule has 0 saturated heterocycles. The van der Waals surface area contributed by atoms with Crippen molar-refractivity contribution in [3.05, 3.63) is 46.5 Å². The van der Waals surface area contributed by atoms with Crippen molar-refractivity contribution in [3.8, 4) is 23.6 Å². The molecule has 0 radical (unpaired) electrons. The highest BCUT2D eigenvalue weighted by Gasteiger charge is 2.68. The smallest absolute Gasteiger partial charge is 0.233 e. The molecule has 8 heteroatoms. The number of aromatic nitrogens is 2. The summed E-state index contributed by atoms with van der Waals surface area (Å²) in [6.45, 7) is 4.63. The molecule has 2 atom stereocenters. The zero-order chi connectivity index (χ0) is 21.1. The average Bonchev–Trinajstić information content (AvgIpc) is 3.38. The monoisotopic (exact) mass is 401 g/mol. The highest BCUT2D eigenvalue weighted by molar-refractivity contribution is 5.91. The number of hydrogen-bond acceptors (Lipinski definition) is 7. The number of nitriles is 2. The van der Waals surface area contributed by atoms with E-state index < -0.39 is 10.8 Å². The number of benzene rings is 1. The second kappa shape index (κ2) is 6.17. The van der Waals surface area contributed by atoms with E-state index in [0.717, 1.165) is 12.0 Å². The summed E-state index contributed by atoms with van der Waals surface area (Å²) < 4.78 is 10.7.